The summed E-state index contributed by atoms with van der Waals surface area (Å²) in [5.41, 5.74) is 0.933. The lowest BCUT2D eigenvalue weighted by Crippen LogP contribution is -2.29. The fraction of sp³-hybridized carbons (Fsp3) is 0.500. The molecular weight excluding hydrogens is 286 g/mol. The number of oxime groups is 1. The molecule has 0 unspecified atom stereocenters. The molecule has 6 heteroatoms. The molecule has 0 heterocycles. The SMILES string of the molecule is COc1cc(C=NO[Si](C)(C)C)ccc1O[Si](C)(C)C. The Hall–Kier alpha value is -1.28. The zero-order chi connectivity index (χ0) is 15.4. The van der Waals surface area contributed by atoms with Crippen LogP contribution in [0.5, 0.6) is 11.5 Å². The Kier molecular flexibility index (Phi) is 5.41. The van der Waals surface area contributed by atoms with E-state index in [1.165, 1.54) is 0 Å². The van der Waals surface area contributed by atoms with Crippen LogP contribution in [0.3, 0.4) is 0 Å². The van der Waals surface area contributed by atoms with Gasteiger partial charge in [-0.3, -0.25) is 0 Å². The Labute approximate surface area is 124 Å². The fourth-order valence-electron chi connectivity index (χ4n) is 1.42. The van der Waals surface area contributed by atoms with Crippen molar-refractivity contribution in [3.8, 4) is 11.5 Å². The highest BCUT2D eigenvalue weighted by Crippen LogP contribution is 2.29. The fourth-order valence-corrected chi connectivity index (χ4v) is 2.62. The molecule has 4 nitrogen and oxygen atoms in total. The van der Waals surface area contributed by atoms with E-state index < -0.39 is 16.6 Å². The van der Waals surface area contributed by atoms with Gasteiger partial charge in [0, 0.05) is 0 Å². The highest BCUT2D eigenvalue weighted by atomic mass is 28.4. The molecule has 0 aliphatic rings. The average Bonchev–Trinajstić information content (AvgIpc) is 2.27. The molecule has 0 aromatic heterocycles. The second kappa shape index (κ2) is 6.45. The quantitative estimate of drug-likeness (QED) is 0.451. The minimum absolute atomic E-state index is 0.726. The predicted octanol–water partition coefficient (Wildman–Crippen LogP) is 4.09. The van der Waals surface area contributed by atoms with Crippen LogP contribution in [-0.4, -0.2) is 30.0 Å². The van der Waals surface area contributed by atoms with Gasteiger partial charge in [0.2, 0.25) is 8.32 Å². The van der Waals surface area contributed by atoms with Gasteiger partial charge in [0.1, 0.15) is 5.75 Å². The van der Waals surface area contributed by atoms with Gasteiger partial charge in [-0.1, -0.05) is 0 Å². The molecule has 0 aliphatic heterocycles. The van der Waals surface area contributed by atoms with Gasteiger partial charge in [-0.05, 0) is 63.0 Å². The summed E-state index contributed by atoms with van der Waals surface area (Å²) >= 11 is 0. The highest BCUT2D eigenvalue weighted by molar-refractivity contribution is 6.70. The maximum absolute atomic E-state index is 5.98. The molecule has 0 fully saturated rings. The Bertz CT molecular complexity index is 476. The summed E-state index contributed by atoms with van der Waals surface area (Å²) in [6, 6.07) is 5.79. The Morgan fingerprint density at radius 2 is 1.60 bits per heavy atom. The number of nitrogens with zero attached hydrogens (tertiary/aromatic N) is 1. The summed E-state index contributed by atoms with van der Waals surface area (Å²) < 4.78 is 16.8. The van der Waals surface area contributed by atoms with Crippen LogP contribution in [0.25, 0.3) is 0 Å². The van der Waals surface area contributed by atoms with Gasteiger partial charge in [-0.2, -0.15) is 0 Å². The molecule has 0 amide bonds. The van der Waals surface area contributed by atoms with E-state index in [1.54, 1.807) is 13.3 Å². The van der Waals surface area contributed by atoms with Crippen molar-refractivity contribution in [3.05, 3.63) is 23.8 Å². The summed E-state index contributed by atoms with van der Waals surface area (Å²) in [6.45, 7) is 12.7. The molecule has 0 aliphatic carbocycles. The molecule has 0 N–H and O–H groups in total. The van der Waals surface area contributed by atoms with Gasteiger partial charge in [0.15, 0.2) is 5.75 Å². The van der Waals surface area contributed by atoms with Crippen molar-refractivity contribution in [2.24, 2.45) is 5.16 Å². The lowest BCUT2D eigenvalue weighted by molar-refractivity contribution is 0.338. The van der Waals surface area contributed by atoms with Crippen LogP contribution in [0.4, 0.5) is 0 Å². The number of benzene rings is 1. The van der Waals surface area contributed by atoms with E-state index in [2.05, 4.69) is 44.4 Å². The predicted molar refractivity (Wildman–Crippen MR) is 89.0 cm³/mol. The van der Waals surface area contributed by atoms with Gasteiger partial charge < -0.3 is 13.7 Å². The molecule has 0 atom stereocenters. The van der Waals surface area contributed by atoms with E-state index in [-0.39, 0.29) is 0 Å². The average molecular weight is 312 g/mol. The van der Waals surface area contributed by atoms with Crippen LogP contribution >= 0.6 is 0 Å². The highest BCUT2D eigenvalue weighted by Gasteiger charge is 2.19. The largest absolute Gasteiger partial charge is 0.542 e. The molecule has 112 valence electrons. The van der Waals surface area contributed by atoms with E-state index in [4.69, 9.17) is 13.7 Å². The van der Waals surface area contributed by atoms with E-state index in [0.29, 0.717) is 0 Å². The first kappa shape index (κ1) is 16.8. The normalized spacial score (nSPS) is 12.6. The van der Waals surface area contributed by atoms with Gasteiger partial charge in [0.05, 0.1) is 13.3 Å². The first-order chi connectivity index (χ1) is 9.11. The van der Waals surface area contributed by atoms with Gasteiger partial charge in [0.25, 0.3) is 8.32 Å². The van der Waals surface area contributed by atoms with Crippen LogP contribution < -0.4 is 9.16 Å². The van der Waals surface area contributed by atoms with Crippen LogP contribution in [0, 0.1) is 0 Å². The second-order valence-electron chi connectivity index (χ2n) is 6.56. The molecule has 1 aromatic carbocycles. The third kappa shape index (κ3) is 6.25. The molecule has 0 saturated heterocycles. The monoisotopic (exact) mass is 311 g/mol. The first-order valence-corrected chi connectivity index (χ1v) is 13.5. The molecule has 1 aromatic rings. The van der Waals surface area contributed by atoms with E-state index in [9.17, 15) is 0 Å². The summed E-state index contributed by atoms with van der Waals surface area (Å²) in [6.07, 6.45) is 1.71. The van der Waals surface area contributed by atoms with Crippen molar-refractivity contribution >= 4 is 22.8 Å². The minimum atomic E-state index is -1.65. The van der Waals surface area contributed by atoms with Crippen molar-refractivity contribution in [2.45, 2.75) is 39.3 Å². The van der Waals surface area contributed by atoms with Gasteiger partial charge >= 0.3 is 0 Å². The smallest absolute Gasteiger partial charge is 0.278 e. The van der Waals surface area contributed by atoms with Crippen LogP contribution in [0.15, 0.2) is 23.4 Å². The van der Waals surface area contributed by atoms with Crippen molar-refractivity contribution < 1.29 is 13.7 Å². The lowest BCUT2D eigenvalue weighted by atomic mass is 10.2. The molecule has 0 radical (unpaired) electrons. The standard InChI is InChI=1S/C14H25NO3Si2/c1-16-14-10-12(11-15-18-20(5,6)7)8-9-13(14)17-19(2,3)4/h8-11H,1-7H3. The third-order valence-electron chi connectivity index (χ3n) is 2.13. The molecule has 0 bridgehead atoms. The lowest BCUT2D eigenvalue weighted by Gasteiger charge is -2.21. The van der Waals surface area contributed by atoms with E-state index in [1.807, 2.05) is 18.2 Å². The van der Waals surface area contributed by atoms with E-state index in [0.717, 1.165) is 17.1 Å². The second-order valence-corrected chi connectivity index (χ2v) is 15.4. The summed E-state index contributed by atoms with van der Waals surface area (Å²) in [5, 5.41) is 4.04. The molecule has 0 saturated carbocycles. The molecule has 20 heavy (non-hydrogen) atoms. The number of hydrogen-bond donors (Lipinski definition) is 0. The van der Waals surface area contributed by atoms with Crippen LogP contribution in [0.1, 0.15) is 5.56 Å². The Morgan fingerprint density at radius 3 is 2.10 bits per heavy atom. The minimum Gasteiger partial charge on any atom is -0.542 e. The number of rotatable bonds is 6. The van der Waals surface area contributed by atoms with Gasteiger partial charge in [-0.15, -0.1) is 5.16 Å². The Balaban J connectivity index is 2.87. The topological polar surface area (TPSA) is 40.0 Å². The number of ether oxygens (including phenoxy) is 1. The molecule has 0 spiro atoms. The van der Waals surface area contributed by atoms with E-state index >= 15 is 0 Å². The maximum Gasteiger partial charge on any atom is 0.278 e. The van der Waals surface area contributed by atoms with Crippen LogP contribution in [-0.2, 0) is 4.53 Å². The maximum atomic E-state index is 5.98. The zero-order valence-corrected chi connectivity index (χ0v) is 15.5. The summed E-state index contributed by atoms with van der Waals surface area (Å²) in [5.74, 6) is 1.51. The van der Waals surface area contributed by atoms with Crippen molar-refractivity contribution in [1.82, 2.24) is 0 Å². The van der Waals surface area contributed by atoms with Gasteiger partial charge in [-0.25, -0.2) is 0 Å². The van der Waals surface area contributed by atoms with Crippen LogP contribution in [0.2, 0.25) is 39.3 Å². The first-order valence-electron chi connectivity index (χ1n) is 6.69. The van der Waals surface area contributed by atoms with Crippen molar-refractivity contribution in [1.29, 1.82) is 0 Å². The summed E-state index contributed by atoms with van der Waals surface area (Å²) in [4.78, 5) is 0. The Morgan fingerprint density at radius 1 is 0.950 bits per heavy atom. The van der Waals surface area contributed by atoms with Crippen molar-refractivity contribution in [2.75, 3.05) is 7.11 Å². The third-order valence-corrected chi connectivity index (χ3v) is 3.62. The molecular formula is C14H25NO3Si2. The number of methoxy groups -OCH3 is 1. The molecule has 1 rings (SSSR count). The van der Waals surface area contributed by atoms with Crippen molar-refractivity contribution in [3.63, 3.8) is 0 Å². The number of hydrogen-bond acceptors (Lipinski definition) is 4. The summed E-state index contributed by atoms with van der Waals surface area (Å²) in [7, 11) is -1.63. The zero-order valence-electron chi connectivity index (χ0n) is 13.5.